The fraction of sp³-hybridized carbons (Fsp3) is 0. The van der Waals surface area contributed by atoms with Crippen molar-refractivity contribution in [1.82, 2.24) is 34.5 Å². The lowest BCUT2D eigenvalue weighted by Crippen LogP contribution is -2.10. The number of pyridine rings is 3. The van der Waals surface area contributed by atoms with Crippen LogP contribution in [0.15, 0.2) is 243 Å². The lowest BCUT2D eigenvalue weighted by molar-refractivity contribution is 0.953. The Morgan fingerprint density at radius 3 is 1.46 bits per heavy atom. The summed E-state index contributed by atoms with van der Waals surface area (Å²) < 4.78 is 4.64. The maximum Gasteiger partial charge on any atom is 0.238 e. The number of thiophene rings is 2. The highest BCUT2D eigenvalue weighted by Crippen LogP contribution is 2.45. The van der Waals surface area contributed by atoms with Gasteiger partial charge in [0.2, 0.25) is 5.95 Å². The quantitative estimate of drug-likeness (QED) is 0.135. The molecule has 0 aliphatic rings. The first-order valence-corrected chi connectivity index (χ1v) is 26.0. The van der Waals surface area contributed by atoms with Gasteiger partial charge in [0.1, 0.15) is 0 Å². The van der Waals surface area contributed by atoms with Gasteiger partial charge in [-0.3, -0.25) is 14.5 Å². The van der Waals surface area contributed by atoms with Crippen LogP contribution in [0.5, 0.6) is 0 Å². The number of fused-ring (bicyclic) bond motifs is 5. The summed E-state index contributed by atoms with van der Waals surface area (Å²) in [6.45, 7) is 0. The van der Waals surface area contributed by atoms with Crippen molar-refractivity contribution >= 4 is 82.0 Å². The normalized spacial score (nSPS) is 11.5. The summed E-state index contributed by atoms with van der Waals surface area (Å²) in [5.74, 6) is 1.75. The highest BCUT2D eigenvalue weighted by molar-refractivity contribution is 7.31. The molecule has 0 saturated carbocycles. The average Bonchev–Trinajstić information content (AvgIpc) is 4.17. The largest absolute Gasteiger partial charge is 0.310 e. The maximum atomic E-state index is 5.32. The Bertz CT molecular complexity index is 4210. The van der Waals surface area contributed by atoms with Crippen LogP contribution in [0.1, 0.15) is 0 Å². The van der Waals surface area contributed by atoms with Crippen molar-refractivity contribution in [3.05, 3.63) is 243 Å². The van der Waals surface area contributed by atoms with Crippen LogP contribution >= 0.6 is 22.7 Å². The first-order valence-electron chi connectivity index (χ1n) is 24.3. The number of hydrogen-bond donors (Lipinski definition) is 0. The summed E-state index contributed by atoms with van der Waals surface area (Å²) in [5.41, 5.74) is 14.9. The van der Waals surface area contributed by atoms with E-state index in [-0.39, 0.29) is 0 Å². The zero-order valence-corrected chi connectivity index (χ0v) is 41.1. The van der Waals surface area contributed by atoms with Crippen molar-refractivity contribution in [1.29, 1.82) is 0 Å². The number of benzene rings is 7. The Labute approximate surface area is 433 Å². The van der Waals surface area contributed by atoms with Crippen LogP contribution in [0.25, 0.3) is 114 Å². The first kappa shape index (κ1) is 43.3. The van der Waals surface area contributed by atoms with Crippen LogP contribution in [0, 0.1) is 0 Å². The molecule has 14 aromatic rings. The molecule has 0 fully saturated rings. The molecule has 0 aliphatic carbocycles. The van der Waals surface area contributed by atoms with Gasteiger partial charge in [-0.1, -0.05) is 133 Å². The topological polar surface area (TPSA) is 85.5 Å². The van der Waals surface area contributed by atoms with Gasteiger partial charge in [0.05, 0.1) is 33.5 Å². The van der Waals surface area contributed by atoms with Gasteiger partial charge in [0, 0.05) is 81.6 Å². The summed E-state index contributed by atoms with van der Waals surface area (Å²) in [4.78, 5) is 34.8. The average molecular weight is 985 g/mol. The number of para-hydroxylation sites is 1. The van der Waals surface area contributed by atoms with Crippen LogP contribution in [0.2, 0.25) is 0 Å². The Hall–Kier alpha value is -9.48. The van der Waals surface area contributed by atoms with Crippen LogP contribution in [0.3, 0.4) is 0 Å². The zero-order chi connectivity index (χ0) is 49.0. The van der Waals surface area contributed by atoms with E-state index in [2.05, 4.69) is 159 Å². The van der Waals surface area contributed by atoms with E-state index in [1.54, 1.807) is 0 Å². The van der Waals surface area contributed by atoms with Crippen molar-refractivity contribution < 1.29 is 0 Å². The van der Waals surface area contributed by atoms with Gasteiger partial charge < -0.3 is 4.90 Å². The third-order valence-electron chi connectivity index (χ3n) is 13.3. The van der Waals surface area contributed by atoms with E-state index in [1.165, 1.54) is 19.2 Å². The summed E-state index contributed by atoms with van der Waals surface area (Å²) >= 11 is 3.64. The number of anilines is 3. The SMILES string of the molecule is c1ccc(-c2nc(-c3ccccc3)nc(-n3c4ccc(-c5cc6sc(-c7cccc(N(c8cccc(-c9ccccn9)c8)c8cccc(-c9ccccn9)c8)c7)cc6s5)cc4c4nc5ccccc5cc43)n2)cc1. The van der Waals surface area contributed by atoms with Crippen LogP contribution in [-0.2, 0) is 0 Å². The molecule has 7 heterocycles. The van der Waals surface area contributed by atoms with Crippen molar-refractivity contribution in [2.45, 2.75) is 0 Å². The molecule has 0 amide bonds. The minimum atomic E-state index is 0.537. The Kier molecular flexibility index (Phi) is 10.7. The van der Waals surface area contributed by atoms with Crippen LogP contribution in [0.4, 0.5) is 17.1 Å². The molecule has 8 nitrogen and oxygen atoms in total. The van der Waals surface area contributed by atoms with Crippen molar-refractivity contribution in [2.24, 2.45) is 0 Å². The van der Waals surface area contributed by atoms with Gasteiger partial charge in [0.15, 0.2) is 11.6 Å². The minimum absolute atomic E-state index is 0.537. The highest BCUT2D eigenvalue weighted by Gasteiger charge is 2.22. The molecular formula is C64H40N8S2. The molecule has 10 heteroatoms. The summed E-state index contributed by atoms with van der Waals surface area (Å²) in [5, 5.41) is 2.07. The molecule has 0 saturated heterocycles. The van der Waals surface area contributed by atoms with Crippen LogP contribution in [-0.4, -0.2) is 34.5 Å². The predicted molar refractivity (Wildman–Crippen MR) is 306 cm³/mol. The second-order valence-corrected chi connectivity index (χ2v) is 20.2. The number of rotatable bonds is 10. The molecular weight excluding hydrogens is 945 g/mol. The standard InChI is InChI=1S/C64H40N8S2/c1-3-16-41(17-4-1)62-68-63(42-18-5-2-6-19-42)70-64(69-62)72-55-31-30-47(37-51(55)61-56(72)38-45-20-7-8-29-54(45)67-61)58-40-60-59(74-58)39-57(73-60)46-23-15-26-50(36-46)71(48-24-13-21-43(34-48)52-27-9-11-32-65-52)49-25-14-22-44(35-49)53-28-10-12-33-66-53/h1-40H. The highest BCUT2D eigenvalue weighted by atomic mass is 32.1. The van der Waals surface area contributed by atoms with Gasteiger partial charge in [-0.2, -0.15) is 9.97 Å². The van der Waals surface area contributed by atoms with Crippen molar-refractivity contribution in [3.8, 4) is 72.1 Å². The van der Waals surface area contributed by atoms with E-state index >= 15 is 0 Å². The summed E-state index contributed by atoms with van der Waals surface area (Å²) in [6.07, 6.45) is 3.68. The third-order valence-corrected chi connectivity index (χ3v) is 15.7. The smallest absolute Gasteiger partial charge is 0.238 e. The lowest BCUT2D eigenvalue weighted by atomic mass is 10.1. The fourth-order valence-electron chi connectivity index (χ4n) is 9.83. The minimum Gasteiger partial charge on any atom is -0.310 e. The van der Waals surface area contributed by atoms with E-state index < -0.39 is 0 Å². The number of hydrogen-bond acceptors (Lipinski definition) is 9. The monoisotopic (exact) mass is 984 g/mol. The third kappa shape index (κ3) is 7.95. The molecule has 0 spiro atoms. The molecule has 0 radical (unpaired) electrons. The maximum absolute atomic E-state index is 5.32. The van der Waals surface area contributed by atoms with E-state index in [9.17, 15) is 0 Å². The Balaban J connectivity index is 0.854. The van der Waals surface area contributed by atoms with Gasteiger partial charge in [0.25, 0.3) is 0 Å². The molecule has 74 heavy (non-hydrogen) atoms. The second kappa shape index (κ2) is 18.3. The van der Waals surface area contributed by atoms with Gasteiger partial charge in [-0.25, -0.2) is 9.97 Å². The van der Waals surface area contributed by atoms with E-state index in [0.29, 0.717) is 17.6 Å². The van der Waals surface area contributed by atoms with E-state index in [1.807, 2.05) is 126 Å². The predicted octanol–water partition coefficient (Wildman–Crippen LogP) is 17.1. The van der Waals surface area contributed by atoms with Crippen molar-refractivity contribution in [2.75, 3.05) is 4.90 Å². The second-order valence-electron chi connectivity index (χ2n) is 18.0. The van der Waals surface area contributed by atoms with Crippen molar-refractivity contribution in [3.63, 3.8) is 0 Å². The molecule has 14 rings (SSSR count). The van der Waals surface area contributed by atoms with E-state index in [4.69, 9.17) is 19.9 Å². The molecule has 7 aromatic carbocycles. The fourth-order valence-corrected chi connectivity index (χ4v) is 12.2. The van der Waals surface area contributed by atoms with Gasteiger partial charge in [-0.15, -0.1) is 22.7 Å². The molecule has 0 bridgehead atoms. The molecule has 0 aliphatic heterocycles. The number of aromatic nitrogens is 7. The summed E-state index contributed by atoms with van der Waals surface area (Å²) in [7, 11) is 0. The molecule has 7 aromatic heterocycles. The number of nitrogens with zero attached hydrogens (tertiary/aromatic N) is 8. The van der Waals surface area contributed by atoms with Crippen LogP contribution < -0.4 is 4.90 Å². The molecule has 348 valence electrons. The Morgan fingerprint density at radius 1 is 0.365 bits per heavy atom. The van der Waals surface area contributed by atoms with E-state index in [0.717, 1.165) is 94.7 Å². The Morgan fingerprint density at radius 2 is 0.878 bits per heavy atom. The molecule has 0 N–H and O–H groups in total. The summed E-state index contributed by atoms with van der Waals surface area (Å²) in [6, 6.07) is 80.2. The molecule has 0 atom stereocenters. The zero-order valence-electron chi connectivity index (χ0n) is 39.5. The molecule has 0 unspecified atom stereocenters. The van der Waals surface area contributed by atoms with Gasteiger partial charge >= 0.3 is 0 Å². The van der Waals surface area contributed by atoms with Gasteiger partial charge in [-0.05, 0) is 108 Å². The first-order chi connectivity index (χ1) is 36.6. The lowest BCUT2D eigenvalue weighted by Gasteiger charge is -2.27.